The van der Waals surface area contributed by atoms with Gasteiger partial charge in [-0.2, -0.15) is 5.26 Å². The van der Waals surface area contributed by atoms with E-state index in [1.54, 1.807) is 12.1 Å². The van der Waals surface area contributed by atoms with E-state index in [1.165, 1.54) is 6.07 Å². The summed E-state index contributed by atoms with van der Waals surface area (Å²) in [6.45, 7) is 0.124. The van der Waals surface area contributed by atoms with Gasteiger partial charge in [0.25, 0.3) is 0 Å². The molecule has 0 radical (unpaired) electrons. The number of hydrogen-bond donors (Lipinski definition) is 0. The maximum absolute atomic E-state index is 13.7. The Kier molecular flexibility index (Phi) is 5.16. The molecule has 0 saturated heterocycles. The molecule has 2 rings (SSSR count). The average molecular weight is 399 g/mol. The van der Waals surface area contributed by atoms with Crippen LogP contribution in [0.1, 0.15) is 16.7 Å². The van der Waals surface area contributed by atoms with Gasteiger partial charge in [-0.15, -0.1) is 0 Å². The fourth-order valence-corrected chi connectivity index (χ4v) is 2.53. The molecule has 0 fully saturated rings. The van der Waals surface area contributed by atoms with E-state index in [2.05, 4.69) is 31.9 Å². The van der Waals surface area contributed by atoms with Gasteiger partial charge < -0.3 is 4.74 Å². The largest absolute Gasteiger partial charge is 0.488 e. The van der Waals surface area contributed by atoms with E-state index >= 15 is 0 Å². The first kappa shape index (κ1) is 15.0. The van der Waals surface area contributed by atoms with Crippen LogP contribution in [0.3, 0.4) is 0 Å². The summed E-state index contributed by atoms with van der Waals surface area (Å²) >= 11 is 6.78. The lowest BCUT2D eigenvalue weighted by Gasteiger charge is -2.11. The second kappa shape index (κ2) is 6.87. The van der Waals surface area contributed by atoms with Crippen molar-refractivity contribution in [3.05, 3.63) is 63.4 Å². The summed E-state index contributed by atoms with van der Waals surface area (Å²) in [6.07, 6.45) is 0. The number of nitrogens with zero attached hydrogens (tertiary/aromatic N) is 1. The van der Waals surface area contributed by atoms with Crippen molar-refractivity contribution in [2.24, 2.45) is 0 Å². The Bertz CT molecular complexity index is 667. The molecule has 0 aliphatic carbocycles. The molecule has 20 heavy (non-hydrogen) atoms. The van der Waals surface area contributed by atoms with Crippen LogP contribution in [0.4, 0.5) is 4.39 Å². The molecule has 0 unspecified atom stereocenters. The van der Waals surface area contributed by atoms with Gasteiger partial charge in [0.15, 0.2) is 0 Å². The van der Waals surface area contributed by atoms with Gasteiger partial charge in [-0.3, -0.25) is 0 Å². The first-order chi connectivity index (χ1) is 9.63. The molecule has 0 spiro atoms. The lowest BCUT2D eigenvalue weighted by molar-refractivity contribution is 0.297. The van der Waals surface area contributed by atoms with Crippen LogP contribution in [0, 0.1) is 17.1 Å². The van der Waals surface area contributed by atoms with Crippen LogP contribution in [0.5, 0.6) is 5.75 Å². The molecule has 0 bridgehead atoms. The fourth-order valence-electron chi connectivity index (χ4n) is 1.68. The average Bonchev–Trinajstić information content (AvgIpc) is 2.46. The summed E-state index contributed by atoms with van der Waals surface area (Å²) < 4.78 is 20.4. The Hall–Kier alpha value is -1.38. The molecule has 2 aromatic carbocycles. The second-order valence-corrected chi connectivity index (χ2v) is 5.57. The van der Waals surface area contributed by atoms with Gasteiger partial charge in [-0.1, -0.05) is 37.9 Å². The Labute approximate surface area is 133 Å². The molecule has 0 aliphatic rings. The molecule has 102 valence electrons. The lowest BCUT2D eigenvalue weighted by Crippen LogP contribution is -2.00. The van der Waals surface area contributed by atoms with Gasteiger partial charge in [-0.05, 0) is 30.3 Å². The van der Waals surface area contributed by atoms with Crippen LogP contribution in [-0.2, 0) is 11.9 Å². The number of ether oxygens (including phenoxy) is 1. The SMILES string of the molecule is N#Cc1ccc(COc2ccc(Br)cc2CBr)c(F)c1. The molecule has 0 aromatic heterocycles. The van der Waals surface area contributed by atoms with Gasteiger partial charge in [-0.25, -0.2) is 4.39 Å². The van der Waals surface area contributed by atoms with Crippen LogP contribution in [0.2, 0.25) is 0 Å². The highest BCUT2D eigenvalue weighted by Crippen LogP contribution is 2.26. The normalized spacial score (nSPS) is 10.1. The van der Waals surface area contributed by atoms with Crippen LogP contribution < -0.4 is 4.74 Å². The Morgan fingerprint density at radius 3 is 2.60 bits per heavy atom. The second-order valence-electron chi connectivity index (χ2n) is 4.09. The van der Waals surface area contributed by atoms with Crippen LogP contribution in [0.15, 0.2) is 40.9 Å². The van der Waals surface area contributed by atoms with Gasteiger partial charge in [0.05, 0.1) is 11.6 Å². The standard InChI is InChI=1S/C15H10Br2FNO/c16-7-12-6-13(17)3-4-15(12)20-9-11-2-1-10(8-19)5-14(11)18/h1-6H,7,9H2. The molecule has 0 amide bonds. The number of benzene rings is 2. The summed E-state index contributed by atoms with van der Waals surface area (Å²) in [5.74, 6) is 0.274. The molecule has 2 nitrogen and oxygen atoms in total. The van der Waals surface area contributed by atoms with E-state index in [-0.39, 0.29) is 6.61 Å². The van der Waals surface area contributed by atoms with Crippen molar-refractivity contribution in [2.45, 2.75) is 11.9 Å². The quantitative estimate of drug-likeness (QED) is 0.683. The molecular formula is C15H10Br2FNO. The van der Waals surface area contributed by atoms with Gasteiger partial charge in [0.2, 0.25) is 0 Å². The van der Waals surface area contributed by atoms with Gasteiger partial charge in [0, 0.05) is 20.9 Å². The van der Waals surface area contributed by atoms with Crippen molar-refractivity contribution in [1.29, 1.82) is 5.26 Å². The number of nitriles is 1. The first-order valence-electron chi connectivity index (χ1n) is 5.79. The van der Waals surface area contributed by atoms with Crippen LogP contribution in [0.25, 0.3) is 0 Å². The minimum absolute atomic E-state index is 0.124. The number of halogens is 3. The topological polar surface area (TPSA) is 33.0 Å². The molecule has 0 heterocycles. The highest BCUT2D eigenvalue weighted by molar-refractivity contribution is 9.10. The van der Waals surface area contributed by atoms with E-state index in [4.69, 9.17) is 10.00 Å². The first-order valence-corrected chi connectivity index (χ1v) is 7.71. The Balaban J connectivity index is 2.15. The van der Waals surface area contributed by atoms with E-state index in [1.807, 2.05) is 24.3 Å². The number of hydrogen-bond acceptors (Lipinski definition) is 2. The Morgan fingerprint density at radius 2 is 1.95 bits per heavy atom. The molecule has 0 aliphatic heterocycles. The zero-order valence-corrected chi connectivity index (χ0v) is 13.5. The minimum atomic E-state index is -0.429. The van der Waals surface area contributed by atoms with E-state index in [0.717, 1.165) is 10.0 Å². The zero-order chi connectivity index (χ0) is 14.5. The minimum Gasteiger partial charge on any atom is -0.488 e. The summed E-state index contributed by atoms with van der Waals surface area (Å²) in [7, 11) is 0. The predicted octanol–water partition coefficient (Wildman–Crippen LogP) is 4.93. The maximum Gasteiger partial charge on any atom is 0.131 e. The predicted molar refractivity (Wildman–Crippen MR) is 82.2 cm³/mol. The third-order valence-corrected chi connectivity index (χ3v) is 3.83. The summed E-state index contributed by atoms with van der Waals surface area (Å²) in [5.41, 5.74) is 1.71. The third-order valence-electron chi connectivity index (χ3n) is 2.73. The zero-order valence-electron chi connectivity index (χ0n) is 10.4. The summed E-state index contributed by atoms with van der Waals surface area (Å²) in [4.78, 5) is 0. The van der Waals surface area contributed by atoms with Crippen molar-refractivity contribution in [1.82, 2.24) is 0 Å². The molecule has 0 saturated carbocycles. The Morgan fingerprint density at radius 1 is 1.15 bits per heavy atom. The van der Waals surface area contributed by atoms with Crippen LogP contribution >= 0.6 is 31.9 Å². The van der Waals surface area contributed by atoms with Crippen molar-refractivity contribution < 1.29 is 9.13 Å². The van der Waals surface area contributed by atoms with Crippen LogP contribution in [-0.4, -0.2) is 0 Å². The molecule has 0 atom stereocenters. The summed E-state index contributed by atoms with van der Waals surface area (Å²) in [6, 6.07) is 11.9. The maximum atomic E-state index is 13.7. The summed E-state index contributed by atoms with van der Waals surface area (Å²) in [5, 5.41) is 9.35. The van der Waals surface area contributed by atoms with Gasteiger partial charge in [0.1, 0.15) is 18.2 Å². The van der Waals surface area contributed by atoms with Crippen molar-refractivity contribution >= 4 is 31.9 Å². The number of rotatable bonds is 4. The fraction of sp³-hybridized carbons (Fsp3) is 0.133. The number of alkyl halides is 1. The van der Waals surface area contributed by atoms with E-state index in [9.17, 15) is 4.39 Å². The highest BCUT2D eigenvalue weighted by Gasteiger charge is 2.07. The smallest absolute Gasteiger partial charge is 0.131 e. The molecule has 2 aromatic rings. The van der Waals surface area contributed by atoms with Gasteiger partial charge >= 0.3 is 0 Å². The highest BCUT2D eigenvalue weighted by atomic mass is 79.9. The van der Waals surface area contributed by atoms with Crippen molar-refractivity contribution in [3.63, 3.8) is 0 Å². The third kappa shape index (κ3) is 3.59. The van der Waals surface area contributed by atoms with E-state index < -0.39 is 5.82 Å². The van der Waals surface area contributed by atoms with E-state index in [0.29, 0.717) is 22.2 Å². The van der Waals surface area contributed by atoms with Crippen molar-refractivity contribution in [2.75, 3.05) is 0 Å². The van der Waals surface area contributed by atoms with Crippen molar-refractivity contribution in [3.8, 4) is 11.8 Å². The molecule has 5 heteroatoms. The molecule has 0 N–H and O–H groups in total. The monoisotopic (exact) mass is 397 g/mol. The lowest BCUT2D eigenvalue weighted by atomic mass is 10.1. The molecular weight excluding hydrogens is 389 g/mol.